The van der Waals surface area contributed by atoms with Gasteiger partial charge in [0, 0.05) is 14.2 Å². The summed E-state index contributed by atoms with van der Waals surface area (Å²) >= 11 is 0. The average molecular weight is 355 g/mol. The fraction of sp³-hybridized carbons (Fsp3) is 1.00. The second-order valence-electron chi connectivity index (χ2n) is 9.94. The summed E-state index contributed by atoms with van der Waals surface area (Å²) in [4.78, 5) is 0. The van der Waals surface area contributed by atoms with E-state index >= 15 is 0 Å². The van der Waals surface area contributed by atoms with Gasteiger partial charge in [0.1, 0.15) is 0 Å². The third-order valence-electron chi connectivity index (χ3n) is 8.26. The molecule has 0 radical (unpaired) electrons. The summed E-state index contributed by atoms with van der Waals surface area (Å²) < 4.78 is 11.1. The molecule has 150 valence electrons. The molecule has 3 aliphatic carbocycles. The first-order valence-corrected chi connectivity index (χ1v) is 10.2. The largest absolute Gasteiger partial charge is 0.381 e. The van der Waals surface area contributed by atoms with E-state index in [1.165, 1.54) is 38.5 Å². The van der Waals surface area contributed by atoms with Gasteiger partial charge in [0.15, 0.2) is 0 Å². The lowest BCUT2D eigenvalue weighted by Gasteiger charge is -2.38. The van der Waals surface area contributed by atoms with E-state index in [1.54, 1.807) is 0 Å². The van der Waals surface area contributed by atoms with Crippen molar-refractivity contribution in [2.75, 3.05) is 14.2 Å². The molecule has 0 aromatic rings. The van der Waals surface area contributed by atoms with Gasteiger partial charge in [-0.3, -0.25) is 0 Å². The van der Waals surface area contributed by atoms with Crippen molar-refractivity contribution >= 4 is 0 Å². The molecule has 0 spiro atoms. The van der Waals surface area contributed by atoms with Crippen LogP contribution in [0.1, 0.15) is 87.5 Å². The van der Waals surface area contributed by atoms with Crippen molar-refractivity contribution in [1.82, 2.24) is 0 Å². The van der Waals surface area contributed by atoms with Crippen molar-refractivity contribution in [2.45, 2.75) is 99.7 Å². The summed E-state index contributed by atoms with van der Waals surface area (Å²) in [6, 6.07) is 0. The normalized spacial score (nSPS) is 41.9. The minimum absolute atomic E-state index is 0. The number of hydrogen-bond acceptors (Lipinski definition) is 2. The zero-order chi connectivity index (χ0) is 18.1. The van der Waals surface area contributed by atoms with Crippen LogP contribution >= 0.6 is 0 Å². The minimum Gasteiger partial charge on any atom is -0.381 e. The van der Waals surface area contributed by atoms with Crippen LogP contribution in [0.25, 0.3) is 0 Å². The Morgan fingerprint density at radius 1 is 0.920 bits per heavy atom. The van der Waals surface area contributed by atoms with Crippen molar-refractivity contribution in [3.8, 4) is 0 Å². The first kappa shape index (κ1) is 23.0. The van der Waals surface area contributed by atoms with Crippen molar-refractivity contribution < 1.29 is 9.47 Å². The monoisotopic (exact) mass is 354 g/mol. The maximum atomic E-state index is 5.58. The topological polar surface area (TPSA) is 18.5 Å². The zero-order valence-corrected chi connectivity index (χ0v) is 17.5. The predicted molar refractivity (Wildman–Crippen MR) is 109 cm³/mol. The Hall–Kier alpha value is -0.0800. The molecule has 0 amide bonds. The molecule has 2 heteroatoms. The van der Waals surface area contributed by atoms with Gasteiger partial charge in [-0.05, 0) is 66.6 Å². The number of hydrogen-bond donors (Lipinski definition) is 0. The van der Waals surface area contributed by atoms with Crippen molar-refractivity contribution in [3.63, 3.8) is 0 Å². The van der Waals surface area contributed by atoms with E-state index in [0.29, 0.717) is 23.0 Å². The standard InChI is InChI=1S/C11H20O.C11H22O.CH4/c1-10(2)8-5-6-11(10,3)9(7-8)12-4;1-8(2)10-6-5-9(3)7-11(10)12-4;/h8-9H,5-7H2,1-4H3;8-11H,5-7H2,1-4H3;1H4/t;9-,10+,11?;/m.1./s1. The Morgan fingerprint density at radius 3 is 1.92 bits per heavy atom. The zero-order valence-electron chi connectivity index (χ0n) is 17.5. The van der Waals surface area contributed by atoms with Gasteiger partial charge in [0.05, 0.1) is 12.2 Å². The van der Waals surface area contributed by atoms with E-state index in [4.69, 9.17) is 9.47 Å². The second kappa shape index (κ2) is 8.74. The molecule has 2 bridgehead atoms. The van der Waals surface area contributed by atoms with Crippen LogP contribution < -0.4 is 0 Å². The summed E-state index contributed by atoms with van der Waals surface area (Å²) in [5, 5.41) is 0. The average Bonchev–Trinajstić information content (AvgIpc) is 2.87. The van der Waals surface area contributed by atoms with E-state index in [2.05, 4.69) is 41.5 Å². The van der Waals surface area contributed by atoms with E-state index in [0.717, 1.165) is 23.7 Å². The Morgan fingerprint density at radius 2 is 1.56 bits per heavy atom. The molecule has 3 rings (SSSR count). The predicted octanol–water partition coefficient (Wildman–Crippen LogP) is 6.58. The SMILES string of the molecule is C.COC1CC2CCC1(C)C2(C)C.COC1C[C@H](C)CC[C@H]1C(C)C. The Balaban J connectivity index is 0.000000240. The molecule has 0 heterocycles. The van der Waals surface area contributed by atoms with Gasteiger partial charge < -0.3 is 9.47 Å². The van der Waals surface area contributed by atoms with Crippen molar-refractivity contribution in [2.24, 2.45) is 34.5 Å². The molecule has 25 heavy (non-hydrogen) atoms. The molecule has 4 unspecified atom stereocenters. The first-order chi connectivity index (χ1) is 11.2. The number of fused-ring (bicyclic) bond motifs is 2. The first-order valence-electron chi connectivity index (χ1n) is 10.2. The quantitative estimate of drug-likeness (QED) is 0.570. The van der Waals surface area contributed by atoms with Crippen LogP contribution in [0.2, 0.25) is 0 Å². The van der Waals surface area contributed by atoms with Crippen LogP contribution in [0, 0.1) is 34.5 Å². The highest BCUT2D eigenvalue weighted by Crippen LogP contribution is 2.66. The van der Waals surface area contributed by atoms with Gasteiger partial charge in [-0.15, -0.1) is 0 Å². The van der Waals surface area contributed by atoms with E-state index in [-0.39, 0.29) is 7.43 Å². The van der Waals surface area contributed by atoms with Crippen LogP contribution in [0.15, 0.2) is 0 Å². The highest BCUT2D eigenvalue weighted by atomic mass is 16.5. The molecule has 6 atom stereocenters. The summed E-state index contributed by atoms with van der Waals surface area (Å²) in [6.07, 6.45) is 9.13. The second-order valence-corrected chi connectivity index (χ2v) is 9.94. The van der Waals surface area contributed by atoms with E-state index in [1.807, 2.05) is 14.2 Å². The number of methoxy groups -OCH3 is 2. The highest BCUT2D eigenvalue weighted by molar-refractivity contribution is 5.10. The maximum absolute atomic E-state index is 5.58. The Labute approximate surface area is 158 Å². The Kier molecular flexibility index (Phi) is 8.03. The smallest absolute Gasteiger partial charge is 0.0632 e. The minimum atomic E-state index is 0. The van der Waals surface area contributed by atoms with Crippen LogP contribution in [0.4, 0.5) is 0 Å². The third kappa shape index (κ3) is 4.26. The molecule has 2 nitrogen and oxygen atoms in total. The van der Waals surface area contributed by atoms with Crippen LogP contribution in [0.3, 0.4) is 0 Å². The van der Waals surface area contributed by atoms with Gasteiger partial charge in [0.2, 0.25) is 0 Å². The lowest BCUT2D eigenvalue weighted by molar-refractivity contribution is -0.0200. The molecule has 0 aromatic carbocycles. The lowest BCUT2D eigenvalue weighted by Crippen LogP contribution is -2.36. The maximum Gasteiger partial charge on any atom is 0.0632 e. The summed E-state index contributed by atoms with van der Waals surface area (Å²) in [7, 11) is 3.73. The van der Waals surface area contributed by atoms with Gasteiger partial charge in [0.25, 0.3) is 0 Å². The van der Waals surface area contributed by atoms with Crippen LogP contribution in [-0.2, 0) is 9.47 Å². The molecule has 0 N–H and O–H groups in total. The number of rotatable bonds is 3. The molecule has 3 aliphatic rings. The lowest BCUT2D eigenvalue weighted by atomic mass is 9.70. The van der Waals surface area contributed by atoms with Crippen LogP contribution in [-0.4, -0.2) is 26.4 Å². The Bertz CT molecular complexity index is 403. The fourth-order valence-electron chi connectivity index (χ4n) is 5.87. The summed E-state index contributed by atoms with van der Waals surface area (Å²) in [5.41, 5.74) is 0.958. The van der Waals surface area contributed by atoms with Gasteiger partial charge in [-0.1, -0.05) is 55.4 Å². The molecular formula is C23H46O2. The molecule has 0 saturated heterocycles. The van der Waals surface area contributed by atoms with E-state index in [9.17, 15) is 0 Å². The molecule has 3 saturated carbocycles. The van der Waals surface area contributed by atoms with Gasteiger partial charge in [-0.2, -0.15) is 0 Å². The van der Waals surface area contributed by atoms with Gasteiger partial charge >= 0.3 is 0 Å². The highest BCUT2D eigenvalue weighted by Gasteiger charge is 2.61. The summed E-state index contributed by atoms with van der Waals surface area (Å²) in [6.45, 7) is 14.2. The molecule has 0 aliphatic heterocycles. The van der Waals surface area contributed by atoms with Crippen LogP contribution in [0.5, 0.6) is 0 Å². The number of ether oxygens (including phenoxy) is 2. The third-order valence-corrected chi connectivity index (χ3v) is 8.26. The summed E-state index contributed by atoms with van der Waals surface area (Å²) in [5.74, 6) is 3.35. The van der Waals surface area contributed by atoms with Crippen molar-refractivity contribution in [3.05, 3.63) is 0 Å². The fourth-order valence-corrected chi connectivity index (χ4v) is 5.87. The molecule has 3 fully saturated rings. The van der Waals surface area contributed by atoms with E-state index < -0.39 is 0 Å². The molecular weight excluding hydrogens is 308 g/mol. The van der Waals surface area contributed by atoms with Crippen molar-refractivity contribution in [1.29, 1.82) is 0 Å². The van der Waals surface area contributed by atoms with Gasteiger partial charge in [-0.25, -0.2) is 0 Å². The molecule has 0 aromatic heterocycles.